The first-order valence-corrected chi connectivity index (χ1v) is 7.39. The highest BCUT2D eigenvalue weighted by Gasteiger charge is 2.19. The van der Waals surface area contributed by atoms with Gasteiger partial charge in [0.15, 0.2) is 17.6 Å². The van der Waals surface area contributed by atoms with Gasteiger partial charge < -0.3 is 23.9 Å². The fourth-order valence-electron chi connectivity index (χ4n) is 2.44. The number of para-hydroxylation sites is 1. The predicted octanol–water partition coefficient (Wildman–Crippen LogP) is 2.86. The van der Waals surface area contributed by atoms with Crippen LogP contribution in [0.15, 0.2) is 28.7 Å². The van der Waals surface area contributed by atoms with Crippen molar-refractivity contribution in [2.24, 2.45) is 0 Å². The van der Waals surface area contributed by atoms with Gasteiger partial charge in [-0.25, -0.2) is 0 Å². The third kappa shape index (κ3) is 3.20. The molecule has 2 aromatic rings. The summed E-state index contributed by atoms with van der Waals surface area (Å²) in [5, 5.41) is 4.42. The normalized spacial score (nSPS) is 17.4. The molecule has 1 fully saturated rings. The molecule has 5 heteroatoms. The van der Waals surface area contributed by atoms with E-state index in [0.717, 1.165) is 22.5 Å². The minimum atomic E-state index is -0.157. The van der Waals surface area contributed by atoms with Gasteiger partial charge in [-0.2, -0.15) is 0 Å². The predicted molar refractivity (Wildman–Crippen MR) is 79.5 cm³/mol. The van der Waals surface area contributed by atoms with Crippen LogP contribution in [0.4, 0.5) is 0 Å². The molecule has 0 unspecified atom stereocenters. The number of fused-ring (bicyclic) bond motifs is 1. The zero-order valence-electron chi connectivity index (χ0n) is 12.4. The fraction of sp³-hybridized carbons (Fsp3) is 0.500. The molecule has 0 radical (unpaired) electrons. The Balaban J connectivity index is 1.72. The summed E-state index contributed by atoms with van der Waals surface area (Å²) < 4.78 is 22.4. The summed E-state index contributed by atoms with van der Waals surface area (Å²) >= 11 is 0. The third-order valence-corrected chi connectivity index (χ3v) is 3.54. The van der Waals surface area contributed by atoms with Gasteiger partial charge in [-0.15, -0.1) is 0 Å². The molecule has 0 aliphatic carbocycles. The van der Waals surface area contributed by atoms with Gasteiger partial charge in [0, 0.05) is 11.9 Å². The number of hydrogen-bond acceptors (Lipinski definition) is 5. The van der Waals surface area contributed by atoms with Crippen LogP contribution < -0.4 is 10.1 Å². The minimum Gasteiger partial charge on any atom is -0.490 e. The van der Waals surface area contributed by atoms with Crippen LogP contribution in [-0.4, -0.2) is 32.7 Å². The Labute approximate surface area is 124 Å². The van der Waals surface area contributed by atoms with Crippen molar-refractivity contribution in [2.75, 3.05) is 26.4 Å². The average Bonchev–Trinajstić information content (AvgIpc) is 3.14. The molecule has 0 saturated carbocycles. The average molecular weight is 291 g/mol. The largest absolute Gasteiger partial charge is 0.490 e. The molecule has 3 rings (SSSR count). The van der Waals surface area contributed by atoms with E-state index < -0.39 is 0 Å². The number of furan rings is 1. The molecular formula is C16H21NO4. The molecule has 114 valence electrons. The molecule has 1 atom stereocenters. The minimum absolute atomic E-state index is 0.0830. The lowest BCUT2D eigenvalue weighted by Crippen LogP contribution is -2.29. The van der Waals surface area contributed by atoms with Gasteiger partial charge in [-0.05, 0) is 26.0 Å². The van der Waals surface area contributed by atoms with E-state index in [1.165, 1.54) is 0 Å². The second-order valence-electron chi connectivity index (χ2n) is 5.06. The summed E-state index contributed by atoms with van der Waals surface area (Å²) in [5.41, 5.74) is 0.802. The van der Waals surface area contributed by atoms with E-state index in [1.807, 2.05) is 31.2 Å². The Morgan fingerprint density at radius 2 is 2.14 bits per heavy atom. The van der Waals surface area contributed by atoms with Crippen LogP contribution in [0.2, 0.25) is 0 Å². The molecule has 1 N–H and O–H groups in total. The third-order valence-electron chi connectivity index (χ3n) is 3.54. The summed E-state index contributed by atoms with van der Waals surface area (Å²) in [7, 11) is 0. The van der Waals surface area contributed by atoms with Crippen LogP contribution in [-0.2, 0) is 9.47 Å². The van der Waals surface area contributed by atoms with E-state index in [9.17, 15) is 0 Å². The summed E-state index contributed by atoms with van der Waals surface area (Å²) in [4.78, 5) is 0. The lowest BCUT2D eigenvalue weighted by Gasteiger charge is -2.14. The summed E-state index contributed by atoms with van der Waals surface area (Å²) in [6.07, 6.45) is -0.157. The van der Waals surface area contributed by atoms with E-state index in [-0.39, 0.29) is 12.3 Å². The number of benzene rings is 1. The zero-order valence-corrected chi connectivity index (χ0v) is 12.4. The van der Waals surface area contributed by atoms with Crippen LogP contribution in [0, 0.1) is 0 Å². The Bertz CT molecular complexity index is 589. The van der Waals surface area contributed by atoms with Gasteiger partial charge in [-0.1, -0.05) is 12.1 Å². The molecule has 1 aromatic heterocycles. The van der Waals surface area contributed by atoms with Crippen molar-refractivity contribution >= 4 is 11.0 Å². The van der Waals surface area contributed by atoms with Gasteiger partial charge >= 0.3 is 0 Å². The molecule has 5 nitrogen and oxygen atoms in total. The van der Waals surface area contributed by atoms with Crippen molar-refractivity contribution in [1.82, 2.24) is 5.32 Å². The zero-order chi connectivity index (χ0) is 14.7. The van der Waals surface area contributed by atoms with Crippen molar-refractivity contribution in [2.45, 2.75) is 26.2 Å². The topological polar surface area (TPSA) is 52.9 Å². The van der Waals surface area contributed by atoms with E-state index in [1.54, 1.807) is 0 Å². The van der Waals surface area contributed by atoms with Gasteiger partial charge in [-0.3, -0.25) is 0 Å². The highest BCUT2D eigenvalue weighted by Crippen LogP contribution is 2.31. The fourth-order valence-corrected chi connectivity index (χ4v) is 2.44. The number of ether oxygens (including phenoxy) is 3. The Morgan fingerprint density at radius 1 is 1.33 bits per heavy atom. The molecule has 21 heavy (non-hydrogen) atoms. The van der Waals surface area contributed by atoms with Crippen molar-refractivity contribution < 1.29 is 18.6 Å². The molecule has 2 heterocycles. The van der Waals surface area contributed by atoms with Crippen molar-refractivity contribution in [3.63, 3.8) is 0 Å². The Kier molecular flexibility index (Phi) is 4.43. The quantitative estimate of drug-likeness (QED) is 0.887. The monoisotopic (exact) mass is 291 g/mol. The maximum atomic E-state index is 5.96. The van der Waals surface area contributed by atoms with Crippen molar-refractivity contribution in [3.8, 4) is 5.75 Å². The second kappa shape index (κ2) is 6.47. The molecule has 0 spiro atoms. The second-order valence-corrected chi connectivity index (χ2v) is 5.06. The van der Waals surface area contributed by atoms with Crippen LogP contribution in [0.5, 0.6) is 5.75 Å². The summed E-state index contributed by atoms with van der Waals surface area (Å²) in [5.74, 6) is 1.67. The van der Waals surface area contributed by atoms with Crippen LogP contribution in [0.3, 0.4) is 0 Å². The van der Waals surface area contributed by atoms with E-state index in [2.05, 4.69) is 12.2 Å². The first-order chi connectivity index (χ1) is 10.3. The Hall–Kier alpha value is -1.56. The van der Waals surface area contributed by atoms with E-state index in [4.69, 9.17) is 18.6 Å². The van der Waals surface area contributed by atoms with Gasteiger partial charge in [0.1, 0.15) is 5.76 Å². The molecule has 1 aliphatic rings. The lowest BCUT2D eigenvalue weighted by molar-refractivity contribution is -0.0406. The van der Waals surface area contributed by atoms with Crippen LogP contribution in [0.25, 0.3) is 11.0 Å². The summed E-state index contributed by atoms with van der Waals surface area (Å²) in [6, 6.07) is 8.06. The van der Waals surface area contributed by atoms with Gasteiger partial charge in [0.25, 0.3) is 0 Å². The standard InChI is InChI=1S/C16H21NO4/c1-3-18-13-6-4-5-12-9-14(21-16(12)13)11(2)17-10-15-19-7-8-20-15/h4-6,9,11,15,17H,3,7-8,10H2,1-2H3/t11-/m1/s1. The molecule has 0 amide bonds. The maximum Gasteiger partial charge on any atom is 0.176 e. The maximum absolute atomic E-state index is 5.96. The van der Waals surface area contributed by atoms with Crippen LogP contribution >= 0.6 is 0 Å². The molecule has 0 bridgehead atoms. The summed E-state index contributed by atoms with van der Waals surface area (Å²) in [6.45, 7) is 6.64. The van der Waals surface area contributed by atoms with Crippen LogP contribution in [0.1, 0.15) is 25.6 Å². The SMILES string of the molecule is CCOc1cccc2cc([C@@H](C)NCC3OCCO3)oc12. The molecule has 1 aromatic carbocycles. The van der Waals surface area contributed by atoms with Gasteiger partial charge in [0.2, 0.25) is 0 Å². The molecular weight excluding hydrogens is 270 g/mol. The highest BCUT2D eigenvalue weighted by molar-refractivity contribution is 5.83. The highest BCUT2D eigenvalue weighted by atomic mass is 16.7. The van der Waals surface area contributed by atoms with E-state index in [0.29, 0.717) is 26.4 Å². The molecule has 1 saturated heterocycles. The first-order valence-electron chi connectivity index (χ1n) is 7.39. The van der Waals surface area contributed by atoms with Crippen molar-refractivity contribution in [3.05, 3.63) is 30.0 Å². The Morgan fingerprint density at radius 3 is 2.90 bits per heavy atom. The smallest absolute Gasteiger partial charge is 0.176 e. The van der Waals surface area contributed by atoms with Crippen molar-refractivity contribution in [1.29, 1.82) is 0 Å². The number of nitrogens with one attached hydrogen (secondary N) is 1. The van der Waals surface area contributed by atoms with Gasteiger partial charge in [0.05, 0.1) is 25.9 Å². The number of rotatable bonds is 6. The van der Waals surface area contributed by atoms with E-state index >= 15 is 0 Å². The molecule has 1 aliphatic heterocycles. The first kappa shape index (κ1) is 14.4. The number of hydrogen-bond donors (Lipinski definition) is 1. The lowest BCUT2D eigenvalue weighted by atomic mass is 10.2.